The van der Waals surface area contributed by atoms with Crippen molar-refractivity contribution in [2.45, 2.75) is 13.1 Å². The number of benzene rings is 2. The number of rotatable bonds is 2. The van der Waals surface area contributed by atoms with Crippen molar-refractivity contribution in [1.82, 2.24) is 20.1 Å². The molecule has 1 atom stereocenters. The summed E-state index contributed by atoms with van der Waals surface area (Å²) in [7, 11) is 1.89. The molecule has 1 N–H and O–H groups in total. The molecule has 2 aromatic carbocycles. The summed E-state index contributed by atoms with van der Waals surface area (Å²) in [5.74, 6) is 1.67. The van der Waals surface area contributed by atoms with Gasteiger partial charge in [-0.15, -0.1) is 10.2 Å². The van der Waals surface area contributed by atoms with Crippen LogP contribution in [0.25, 0.3) is 5.69 Å². The van der Waals surface area contributed by atoms with Crippen molar-refractivity contribution in [1.29, 1.82) is 0 Å². The van der Waals surface area contributed by atoms with E-state index < -0.39 is 0 Å². The van der Waals surface area contributed by atoms with Gasteiger partial charge in [0.05, 0.1) is 11.4 Å². The lowest BCUT2D eigenvalue weighted by Gasteiger charge is -2.12. The van der Waals surface area contributed by atoms with Gasteiger partial charge in [0, 0.05) is 11.1 Å². The molecule has 1 aromatic heterocycles. The number of aromatic nitrogens is 3. The van der Waals surface area contributed by atoms with Crippen LogP contribution in [0.5, 0.6) is 0 Å². The van der Waals surface area contributed by atoms with Gasteiger partial charge in [-0.2, -0.15) is 0 Å². The minimum Gasteiger partial charge on any atom is -0.292 e. The molecule has 1 aliphatic rings. The van der Waals surface area contributed by atoms with Crippen molar-refractivity contribution < 1.29 is 0 Å². The number of aliphatic imine (C=N–C) groups is 1. The smallest absolute Gasteiger partial charge is 0.177 e. The fraction of sp³-hybridized carbons (Fsp3) is 0.167. The monoisotopic (exact) mass is 303 g/mol. The molecule has 5 nitrogen and oxygen atoms in total. The van der Waals surface area contributed by atoms with Gasteiger partial charge in [-0.25, -0.2) is 0 Å². The highest BCUT2D eigenvalue weighted by Gasteiger charge is 2.26. The highest BCUT2D eigenvalue weighted by atomic mass is 15.3. The Kier molecular flexibility index (Phi) is 3.28. The first kappa shape index (κ1) is 13.8. The Hall–Kier alpha value is -2.79. The molecule has 0 radical (unpaired) electrons. The Labute approximate surface area is 134 Å². The van der Waals surface area contributed by atoms with Crippen LogP contribution in [0.1, 0.15) is 28.9 Å². The van der Waals surface area contributed by atoms with Gasteiger partial charge >= 0.3 is 0 Å². The number of nitrogens with zero attached hydrogens (tertiary/aromatic N) is 4. The molecule has 23 heavy (non-hydrogen) atoms. The van der Waals surface area contributed by atoms with Gasteiger partial charge in [0.15, 0.2) is 12.0 Å². The molecule has 1 aliphatic heterocycles. The molecular formula is C18H17N5. The van der Waals surface area contributed by atoms with E-state index in [0.717, 1.165) is 34.2 Å². The summed E-state index contributed by atoms with van der Waals surface area (Å²) in [5.41, 5.74) is 4.20. The van der Waals surface area contributed by atoms with Crippen LogP contribution in [0.3, 0.4) is 0 Å². The molecule has 114 valence electrons. The van der Waals surface area contributed by atoms with Crippen LogP contribution < -0.4 is 5.32 Å². The maximum atomic E-state index is 4.94. The van der Waals surface area contributed by atoms with Gasteiger partial charge in [0.2, 0.25) is 0 Å². The van der Waals surface area contributed by atoms with Crippen LogP contribution in [-0.2, 0) is 0 Å². The van der Waals surface area contributed by atoms with Crippen LogP contribution in [0.4, 0.5) is 0 Å². The minimum absolute atomic E-state index is 0.237. The molecule has 0 aliphatic carbocycles. The third kappa shape index (κ3) is 2.17. The lowest BCUT2D eigenvalue weighted by Crippen LogP contribution is -2.18. The molecule has 0 saturated heterocycles. The number of hydrogen-bond acceptors (Lipinski definition) is 4. The van der Waals surface area contributed by atoms with E-state index in [1.807, 2.05) is 44.3 Å². The Morgan fingerprint density at radius 1 is 0.957 bits per heavy atom. The van der Waals surface area contributed by atoms with Crippen molar-refractivity contribution in [3.63, 3.8) is 0 Å². The van der Waals surface area contributed by atoms with Crippen molar-refractivity contribution in [2.24, 2.45) is 4.99 Å². The number of para-hydroxylation sites is 1. The second kappa shape index (κ2) is 5.44. The van der Waals surface area contributed by atoms with Gasteiger partial charge in [-0.1, -0.05) is 48.5 Å². The summed E-state index contributed by atoms with van der Waals surface area (Å²) in [5, 5.41) is 11.8. The van der Waals surface area contributed by atoms with Gasteiger partial charge in [-0.05, 0) is 20.0 Å². The molecule has 5 heteroatoms. The average Bonchev–Trinajstić information content (AvgIpc) is 2.91. The SMILES string of the molecule is CN[C@@H]1N=C(c2ccccc2)c2ccccc2-n2c(C)nnc21. The van der Waals surface area contributed by atoms with Crippen LogP contribution in [0.15, 0.2) is 59.6 Å². The van der Waals surface area contributed by atoms with E-state index >= 15 is 0 Å². The summed E-state index contributed by atoms with van der Waals surface area (Å²) in [6.45, 7) is 1.97. The maximum absolute atomic E-state index is 4.94. The standard InChI is InChI=1S/C18H17N5/c1-12-21-22-18-17(19-2)20-16(13-8-4-3-5-9-13)14-10-6-7-11-15(14)23(12)18/h3-11,17,19H,1-2H3/t17-/m1/s1. The normalized spacial score (nSPS) is 16.3. The van der Waals surface area contributed by atoms with Crippen molar-refractivity contribution >= 4 is 5.71 Å². The quantitative estimate of drug-likeness (QED) is 0.792. The molecular weight excluding hydrogens is 286 g/mol. The number of nitrogens with one attached hydrogen (secondary N) is 1. The topological polar surface area (TPSA) is 55.1 Å². The predicted octanol–water partition coefficient (Wildman–Crippen LogP) is 2.64. The highest BCUT2D eigenvalue weighted by molar-refractivity contribution is 6.15. The third-order valence-corrected chi connectivity index (χ3v) is 4.07. The molecule has 0 spiro atoms. The van der Waals surface area contributed by atoms with E-state index in [2.05, 4.69) is 44.3 Å². The summed E-state index contributed by atoms with van der Waals surface area (Å²) >= 11 is 0. The van der Waals surface area contributed by atoms with E-state index in [1.54, 1.807) is 0 Å². The van der Waals surface area contributed by atoms with Crippen LogP contribution in [0.2, 0.25) is 0 Å². The Morgan fingerprint density at radius 3 is 2.48 bits per heavy atom. The molecule has 4 rings (SSSR count). The first-order chi connectivity index (χ1) is 11.3. The van der Waals surface area contributed by atoms with Crippen LogP contribution >= 0.6 is 0 Å². The summed E-state index contributed by atoms with van der Waals surface area (Å²) in [4.78, 5) is 4.94. The second-order valence-electron chi connectivity index (χ2n) is 5.49. The van der Waals surface area contributed by atoms with Crippen molar-refractivity contribution in [2.75, 3.05) is 7.05 Å². The number of aryl methyl sites for hydroxylation is 1. The van der Waals surface area contributed by atoms with Crippen molar-refractivity contribution in [3.8, 4) is 5.69 Å². The highest BCUT2D eigenvalue weighted by Crippen LogP contribution is 2.29. The fourth-order valence-corrected chi connectivity index (χ4v) is 3.00. The summed E-state index contributed by atoms with van der Waals surface area (Å²) in [6, 6.07) is 18.5. The van der Waals surface area contributed by atoms with Crippen molar-refractivity contribution in [3.05, 3.63) is 77.4 Å². The average molecular weight is 303 g/mol. The van der Waals surface area contributed by atoms with Crippen LogP contribution in [-0.4, -0.2) is 27.5 Å². The molecule has 0 amide bonds. The predicted molar refractivity (Wildman–Crippen MR) is 90.0 cm³/mol. The number of fused-ring (bicyclic) bond motifs is 3. The molecule has 0 unspecified atom stereocenters. The largest absolute Gasteiger partial charge is 0.292 e. The summed E-state index contributed by atoms with van der Waals surface area (Å²) in [6.07, 6.45) is -0.237. The summed E-state index contributed by atoms with van der Waals surface area (Å²) < 4.78 is 2.08. The zero-order chi connectivity index (χ0) is 15.8. The molecule has 2 heterocycles. The molecule has 0 fully saturated rings. The Morgan fingerprint density at radius 2 is 1.70 bits per heavy atom. The Balaban J connectivity index is 2.04. The number of hydrogen-bond donors (Lipinski definition) is 1. The van der Waals surface area contributed by atoms with E-state index in [0.29, 0.717) is 0 Å². The lowest BCUT2D eigenvalue weighted by atomic mass is 10.0. The Bertz CT molecular complexity index is 879. The van der Waals surface area contributed by atoms with E-state index in [1.165, 1.54) is 0 Å². The van der Waals surface area contributed by atoms with Gasteiger partial charge in [0.25, 0.3) is 0 Å². The van der Waals surface area contributed by atoms with E-state index in [-0.39, 0.29) is 6.17 Å². The van der Waals surface area contributed by atoms with Gasteiger partial charge in [0.1, 0.15) is 5.82 Å². The van der Waals surface area contributed by atoms with Gasteiger partial charge in [-0.3, -0.25) is 14.9 Å². The van der Waals surface area contributed by atoms with Gasteiger partial charge < -0.3 is 0 Å². The van der Waals surface area contributed by atoms with E-state index in [4.69, 9.17) is 4.99 Å². The first-order valence-corrected chi connectivity index (χ1v) is 7.62. The van der Waals surface area contributed by atoms with E-state index in [9.17, 15) is 0 Å². The first-order valence-electron chi connectivity index (χ1n) is 7.62. The maximum Gasteiger partial charge on any atom is 0.177 e. The lowest BCUT2D eigenvalue weighted by molar-refractivity contribution is 0.578. The fourth-order valence-electron chi connectivity index (χ4n) is 3.00. The van der Waals surface area contributed by atoms with Crippen LogP contribution in [0, 0.1) is 6.92 Å². The second-order valence-corrected chi connectivity index (χ2v) is 5.49. The molecule has 3 aromatic rings. The molecule has 0 saturated carbocycles. The zero-order valence-corrected chi connectivity index (χ0v) is 13.1. The third-order valence-electron chi connectivity index (χ3n) is 4.07. The zero-order valence-electron chi connectivity index (χ0n) is 13.1. The molecule has 0 bridgehead atoms. The minimum atomic E-state index is -0.237.